The van der Waals surface area contributed by atoms with E-state index in [1.54, 1.807) is 0 Å². The topological polar surface area (TPSA) is 40.1 Å². The molecule has 0 saturated heterocycles. The van der Waals surface area contributed by atoms with Crippen LogP contribution >= 0.6 is 0 Å². The average Bonchev–Trinajstić information content (AvgIpc) is 0.811. The Hall–Kier alpha value is 0.405. The molecule has 0 aromatic heterocycles. The van der Waals surface area contributed by atoms with Crippen molar-refractivity contribution in [3.63, 3.8) is 0 Å². The first-order chi connectivity index (χ1) is 1.73. The van der Waals surface area contributed by atoms with Crippen LogP contribution in [0.3, 0.4) is 0 Å². The van der Waals surface area contributed by atoms with Crippen molar-refractivity contribution < 1.29 is 39.0 Å². The molecule has 3 heteroatoms. The van der Waals surface area contributed by atoms with Gasteiger partial charge in [-0.05, 0) is 6.92 Å². The predicted molar refractivity (Wildman–Crippen MR) is 11.8 cm³/mol. The third kappa shape index (κ3) is 155. The Morgan fingerprint density at radius 1 is 2.00 bits per heavy atom. The molecule has 0 amide bonds. The minimum atomic E-state index is -1.08. The second-order valence-electron chi connectivity index (χ2n) is 0.492. The smallest absolute Gasteiger partial charge is 1.00 e. The molecule has 0 radical (unpaired) electrons. The molecule has 0 bridgehead atoms. The van der Waals surface area contributed by atoms with Crippen LogP contribution < -0.4 is 5.11 Å². The molecular formula is C2H4HgO2. The normalized spacial score (nSPS) is 5.00. The van der Waals surface area contributed by atoms with E-state index >= 15 is 0 Å². The summed E-state index contributed by atoms with van der Waals surface area (Å²) < 4.78 is 0. The monoisotopic (exact) mass is 262 g/mol. The standard InChI is InChI=1S/C2H4O2.Hg.H/c1-2(3)4;;/h1H3,(H,3,4);;/q;+2;-1/p-1. The van der Waals surface area contributed by atoms with Crippen molar-refractivity contribution in [3.05, 3.63) is 0 Å². The molecule has 0 aliphatic carbocycles. The Labute approximate surface area is 52.2 Å². The number of carboxylic acid groups (broad SMARTS) is 1. The molecule has 0 spiro atoms. The maximum absolute atomic E-state index is 8.89. The van der Waals surface area contributed by atoms with Gasteiger partial charge < -0.3 is 11.3 Å². The zero-order chi connectivity index (χ0) is 3.58. The average molecular weight is 261 g/mol. The van der Waals surface area contributed by atoms with Crippen LogP contribution in [0.4, 0.5) is 0 Å². The van der Waals surface area contributed by atoms with Crippen molar-refractivity contribution in [3.8, 4) is 0 Å². The van der Waals surface area contributed by atoms with Crippen molar-refractivity contribution >= 4 is 5.97 Å². The van der Waals surface area contributed by atoms with E-state index in [9.17, 15) is 0 Å². The molecule has 0 fully saturated rings. The van der Waals surface area contributed by atoms with E-state index in [0.29, 0.717) is 0 Å². The summed E-state index contributed by atoms with van der Waals surface area (Å²) in [6.07, 6.45) is 0. The molecule has 0 saturated carbocycles. The van der Waals surface area contributed by atoms with Crippen LogP contribution in [-0.2, 0) is 32.5 Å². The molecule has 0 rings (SSSR count). The summed E-state index contributed by atoms with van der Waals surface area (Å²) in [6, 6.07) is 0. The van der Waals surface area contributed by atoms with E-state index in [-0.39, 0.29) is 29.1 Å². The van der Waals surface area contributed by atoms with Gasteiger partial charge in [0.05, 0.1) is 0 Å². The van der Waals surface area contributed by atoms with Gasteiger partial charge in [-0.1, -0.05) is 0 Å². The van der Waals surface area contributed by atoms with Crippen LogP contribution in [0.1, 0.15) is 8.35 Å². The second-order valence-corrected chi connectivity index (χ2v) is 0.492. The third-order valence-electron chi connectivity index (χ3n) is 0. The first-order valence-corrected chi connectivity index (χ1v) is 0.908. The van der Waals surface area contributed by atoms with Crippen LogP contribution in [-0.4, -0.2) is 5.97 Å². The largest absolute Gasteiger partial charge is 2.00 e. The van der Waals surface area contributed by atoms with Gasteiger partial charge in [-0.15, -0.1) is 0 Å². The first-order valence-electron chi connectivity index (χ1n) is 0.908. The molecule has 0 heterocycles. The molecule has 2 nitrogen and oxygen atoms in total. The summed E-state index contributed by atoms with van der Waals surface area (Å²) in [5, 5.41) is 8.89. The number of carbonyl (C=O) groups excluding carboxylic acids is 1. The Balaban J connectivity index is -0.0000000450. The second kappa shape index (κ2) is 4.41. The molecule has 0 N–H and O–H groups in total. The van der Waals surface area contributed by atoms with Crippen LogP contribution in [0.25, 0.3) is 0 Å². The Bertz CT molecular complexity index is 34.5. The van der Waals surface area contributed by atoms with Gasteiger partial charge in [0.15, 0.2) is 0 Å². The van der Waals surface area contributed by atoms with Gasteiger partial charge in [0, 0.05) is 5.97 Å². The molecule has 0 atom stereocenters. The number of carbonyl (C=O) groups is 1. The van der Waals surface area contributed by atoms with E-state index in [1.165, 1.54) is 0 Å². The fourth-order valence-electron chi connectivity index (χ4n) is 0. The SMILES string of the molecule is CC(=O)[O-].[H-].[Hg+2]. The molecular weight excluding hydrogens is 257 g/mol. The van der Waals surface area contributed by atoms with Gasteiger partial charge in [-0.2, -0.15) is 0 Å². The summed E-state index contributed by atoms with van der Waals surface area (Å²) in [5.41, 5.74) is 0. The fraction of sp³-hybridized carbons (Fsp3) is 0.500. The van der Waals surface area contributed by atoms with Crippen molar-refractivity contribution in [1.29, 1.82) is 0 Å². The molecule has 5 heavy (non-hydrogen) atoms. The van der Waals surface area contributed by atoms with E-state index < -0.39 is 5.97 Å². The summed E-state index contributed by atoms with van der Waals surface area (Å²) >= 11 is 0. The van der Waals surface area contributed by atoms with E-state index in [0.717, 1.165) is 6.92 Å². The summed E-state index contributed by atoms with van der Waals surface area (Å²) in [6.45, 7) is 0.972. The number of hydrogen-bond donors (Lipinski definition) is 0. The number of carboxylic acids is 1. The fourth-order valence-corrected chi connectivity index (χ4v) is 0. The minimum absolute atomic E-state index is 0. The van der Waals surface area contributed by atoms with Crippen molar-refractivity contribution in [2.75, 3.05) is 0 Å². The Kier molecular flexibility index (Phi) is 7.97. The van der Waals surface area contributed by atoms with Gasteiger partial charge in [0.2, 0.25) is 0 Å². The predicted octanol–water partition coefficient (Wildman–Crippen LogP) is -1.13. The Morgan fingerprint density at radius 2 is 2.00 bits per heavy atom. The van der Waals surface area contributed by atoms with Crippen molar-refractivity contribution in [2.45, 2.75) is 6.92 Å². The van der Waals surface area contributed by atoms with E-state index in [2.05, 4.69) is 0 Å². The Morgan fingerprint density at radius 3 is 2.00 bits per heavy atom. The van der Waals surface area contributed by atoms with Crippen LogP contribution in [0, 0.1) is 0 Å². The van der Waals surface area contributed by atoms with E-state index in [4.69, 9.17) is 9.90 Å². The van der Waals surface area contributed by atoms with Gasteiger partial charge in [0.1, 0.15) is 0 Å². The summed E-state index contributed by atoms with van der Waals surface area (Å²) in [4.78, 5) is 8.89. The number of rotatable bonds is 0. The number of aliphatic carboxylic acids is 1. The quantitative estimate of drug-likeness (QED) is 0.517. The molecule has 0 aliphatic rings. The van der Waals surface area contributed by atoms with Crippen molar-refractivity contribution in [2.24, 2.45) is 0 Å². The molecule has 0 aliphatic heterocycles. The summed E-state index contributed by atoms with van der Waals surface area (Å²) in [5.74, 6) is -1.08. The van der Waals surface area contributed by atoms with Gasteiger partial charge in [0.25, 0.3) is 0 Å². The molecule has 26 valence electrons. The van der Waals surface area contributed by atoms with Gasteiger partial charge >= 0.3 is 27.7 Å². The van der Waals surface area contributed by atoms with Crippen LogP contribution in [0.2, 0.25) is 0 Å². The van der Waals surface area contributed by atoms with E-state index in [1.807, 2.05) is 0 Å². The van der Waals surface area contributed by atoms with Crippen LogP contribution in [0.5, 0.6) is 0 Å². The summed E-state index contributed by atoms with van der Waals surface area (Å²) in [7, 11) is 0. The maximum Gasteiger partial charge on any atom is 2.00 e. The zero-order valence-electron chi connectivity index (χ0n) is 4.02. The molecule has 0 aromatic rings. The minimum Gasteiger partial charge on any atom is -1.00 e. The van der Waals surface area contributed by atoms with Gasteiger partial charge in [-0.25, -0.2) is 0 Å². The van der Waals surface area contributed by atoms with Gasteiger partial charge in [-0.3, -0.25) is 0 Å². The zero-order valence-corrected chi connectivity index (χ0v) is 8.52. The first kappa shape index (κ1) is 9.05. The molecule has 0 unspecified atom stereocenters. The van der Waals surface area contributed by atoms with Crippen LogP contribution in [0.15, 0.2) is 0 Å². The number of hydrogen-bond acceptors (Lipinski definition) is 2. The molecule has 0 aromatic carbocycles. The van der Waals surface area contributed by atoms with Crippen molar-refractivity contribution in [1.82, 2.24) is 0 Å². The maximum atomic E-state index is 8.89. The third-order valence-corrected chi connectivity index (χ3v) is 0.